The first-order chi connectivity index (χ1) is 10.5. The maximum atomic E-state index is 12.4. The Morgan fingerprint density at radius 1 is 1.45 bits per heavy atom. The average Bonchev–Trinajstić information content (AvgIpc) is 3.17. The molecule has 6 heteroatoms. The third-order valence-corrected chi connectivity index (χ3v) is 4.99. The molecule has 0 unspecified atom stereocenters. The van der Waals surface area contributed by atoms with Crippen LogP contribution in [0.25, 0.3) is 0 Å². The van der Waals surface area contributed by atoms with Gasteiger partial charge < -0.3 is 4.57 Å². The van der Waals surface area contributed by atoms with Crippen molar-refractivity contribution < 1.29 is 4.79 Å². The summed E-state index contributed by atoms with van der Waals surface area (Å²) in [5, 5.41) is 3.27. The van der Waals surface area contributed by atoms with Gasteiger partial charge in [-0.1, -0.05) is 13.8 Å². The smallest absolute Gasteiger partial charge is 0.262 e. The van der Waals surface area contributed by atoms with Gasteiger partial charge in [0.25, 0.3) is 5.91 Å². The zero-order chi connectivity index (χ0) is 15.9. The Hall–Kier alpha value is -1.95. The lowest BCUT2D eigenvalue weighted by atomic mass is 10.2. The van der Waals surface area contributed by atoms with Gasteiger partial charge in [-0.05, 0) is 25.7 Å². The largest absolute Gasteiger partial charge is 0.348 e. The first kappa shape index (κ1) is 15.0. The fraction of sp³-hybridized carbons (Fsp3) is 0.438. The lowest BCUT2D eigenvalue weighted by Gasteiger charge is -2.11. The van der Waals surface area contributed by atoms with Crippen LogP contribution in [0, 0.1) is 6.92 Å². The number of thiazole rings is 1. The van der Waals surface area contributed by atoms with Crippen molar-refractivity contribution in [2.75, 3.05) is 5.32 Å². The van der Waals surface area contributed by atoms with Crippen molar-refractivity contribution in [1.82, 2.24) is 9.55 Å². The second-order valence-corrected chi connectivity index (χ2v) is 7.07. The minimum absolute atomic E-state index is 0.179. The zero-order valence-electron chi connectivity index (χ0n) is 12.9. The van der Waals surface area contributed by atoms with Gasteiger partial charge in [0.2, 0.25) is 0 Å². The summed E-state index contributed by atoms with van der Waals surface area (Å²) in [6.07, 6.45) is 5.66. The second-order valence-electron chi connectivity index (χ2n) is 6.01. The number of nitrogens with one attached hydrogen (secondary N) is 1. The number of aryl methyl sites for hydroxylation is 1. The SMILES string of the molecule is Cc1cc(=O)c(C(=O)Nc2ncc(C(C)C)s2)cn1C1CC1. The van der Waals surface area contributed by atoms with E-state index in [0.717, 1.165) is 23.4 Å². The molecule has 0 saturated heterocycles. The topological polar surface area (TPSA) is 64.0 Å². The van der Waals surface area contributed by atoms with Crippen molar-refractivity contribution in [2.24, 2.45) is 0 Å². The van der Waals surface area contributed by atoms with E-state index in [-0.39, 0.29) is 16.9 Å². The molecule has 0 aromatic carbocycles. The number of carbonyl (C=O) groups excluding carboxylic acids is 1. The number of aromatic nitrogens is 2. The molecule has 0 spiro atoms. The van der Waals surface area contributed by atoms with E-state index in [4.69, 9.17) is 0 Å². The molecule has 1 fully saturated rings. The van der Waals surface area contributed by atoms with E-state index in [9.17, 15) is 9.59 Å². The third-order valence-electron chi connectivity index (χ3n) is 3.78. The second kappa shape index (κ2) is 5.68. The molecule has 0 radical (unpaired) electrons. The molecule has 0 aliphatic heterocycles. The normalized spacial score (nSPS) is 14.4. The molecule has 2 aromatic heterocycles. The van der Waals surface area contributed by atoms with Crippen LogP contribution < -0.4 is 10.7 Å². The van der Waals surface area contributed by atoms with Crippen molar-refractivity contribution in [3.63, 3.8) is 0 Å². The average molecular weight is 317 g/mol. The fourth-order valence-electron chi connectivity index (χ4n) is 2.34. The summed E-state index contributed by atoms with van der Waals surface area (Å²) in [5.74, 6) is -0.0151. The number of amides is 1. The Labute approximate surface area is 133 Å². The van der Waals surface area contributed by atoms with E-state index in [2.05, 4.69) is 24.1 Å². The van der Waals surface area contributed by atoms with Crippen LogP contribution in [-0.4, -0.2) is 15.5 Å². The summed E-state index contributed by atoms with van der Waals surface area (Å²) in [6, 6.07) is 1.97. The molecule has 1 saturated carbocycles. The van der Waals surface area contributed by atoms with Crippen molar-refractivity contribution in [1.29, 1.82) is 0 Å². The van der Waals surface area contributed by atoms with Crippen LogP contribution in [0.3, 0.4) is 0 Å². The Balaban J connectivity index is 1.85. The highest BCUT2D eigenvalue weighted by Crippen LogP contribution is 2.35. The predicted octanol–water partition coefficient (Wildman–Crippen LogP) is 3.32. The first-order valence-corrected chi connectivity index (χ1v) is 8.27. The number of anilines is 1. The lowest BCUT2D eigenvalue weighted by molar-refractivity contribution is 0.102. The molecule has 0 bridgehead atoms. The molecular weight excluding hydrogens is 298 g/mol. The van der Waals surface area contributed by atoms with E-state index in [1.165, 1.54) is 17.4 Å². The van der Waals surface area contributed by atoms with Crippen LogP contribution in [0.4, 0.5) is 5.13 Å². The van der Waals surface area contributed by atoms with Crippen LogP contribution >= 0.6 is 11.3 Å². The van der Waals surface area contributed by atoms with Crippen LogP contribution in [-0.2, 0) is 0 Å². The van der Waals surface area contributed by atoms with Crippen LogP contribution in [0.1, 0.15) is 59.6 Å². The van der Waals surface area contributed by atoms with Gasteiger partial charge in [-0.2, -0.15) is 0 Å². The van der Waals surface area contributed by atoms with Crippen LogP contribution in [0.5, 0.6) is 0 Å². The molecule has 5 nitrogen and oxygen atoms in total. The Bertz CT molecular complexity index is 772. The maximum Gasteiger partial charge on any atom is 0.262 e. The quantitative estimate of drug-likeness (QED) is 0.941. The predicted molar refractivity (Wildman–Crippen MR) is 87.9 cm³/mol. The van der Waals surface area contributed by atoms with Crippen molar-refractivity contribution in [3.05, 3.63) is 44.8 Å². The minimum atomic E-state index is -0.385. The van der Waals surface area contributed by atoms with Gasteiger partial charge in [-0.3, -0.25) is 14.9 Å². The maximum absolute atomic E-state index is 12.4. The number of hydrogen-bond donors (Lipinski definition) is 1. The van der Waals surface area contributed by atoms with Gasteiger partial charge in [0.1, 0.15) is 5.56 Å². The number of nitrogens with zero attached hydrogens (tertiary/aromatic N) is 2. The van der Waals surface area contributed by atoms with Gasteiger partial charge in [0.15, 0.2) is 10.6 Å². The molecule has 3 rings (SSSR count). The standard InChI is InChI=1S/C16H19N3O2S/c1-9(2)14-7-17-16(22-14)18-15(21)12-8-19(11-4-5-11)10(3)6-13(12)20/h6-9,11H,4-5H2,1-3H3,(H,17,18,21). The van der Waals surface area contributed by atoms with E-state index in [0.29, 0.717) is 17.1 Å². The van der Waals surface area contributed by atoms with Crippen molar-refractivity contribution in [2.45, 2.75) is 45.6 Å². The molecule has 2 heterocycles. The van der Waals surface area contributed by atoms with E-state index >= 15 is 0 Å². The van der Waals surface area contributed by atoms with Crippen LogP contribution in [0.15, 0.2) is 23.3 Å². The van der Waals surface area contributed by atoms with Gasteiger partial charge >= 0.3 is 0 Å². The Morgan fingerprint density at radius 2 is 2.18 bits per heavy atom. The summed E-state index contributed by atoms with van der Waals surface area (Å²) in [5.41, 5.74) is 0.840. The van der Waals surface area contributed by atoms with Crippen molar-refractivity contribution >= 4 is 22.4 Å². The summed E-state index contributed by atoms with van der Waals surface area (Å²) in [7, 11) is 0. The summed E-state index contributed by atoms with van der Waals surface area (Å²) in [4.78, 5) is 29.8. The highest BCUT2D eigenvalue weighted by Gasteiger charge is 2.25. The summed E-state index contributed by atoms with van der Waals surface area (Å²) < 4.78 is 2.03. The molecule has 116 valence electrons. The number of carbonyl (C=O) groups is 1. The minimum Gasteiger partial charge on any atom is -0.348 e. The molecule has 0 atom stereocenters. The number of hydrogen-bond acceptors (Lipinski definition) is 4. The van der Waals surface area contributed by atoms with Gasteiger partial charge in [0, 0.05) is 35.1 Å². The van der Waals surface area contributed by atoms with E-state index in [1.54, 1.807) is 12.4 Å². The summed E-state index contributed by atoms with van der Waals surface area (Å²) in [6.45, 7) is 6.05. The molecule has 22 heavy (non-hydrogen) atoms. The lowest BCUT2D eigenvalue weighted by Crippen LogP contribution is -2.23. The molecule has 1 aliphatic carbocycles. The van der Waals surface area contributed by atoms with E-state index in [1.807, 2.05) is 11.5 Å². The van der Waals surface area contributed by atoms with Crippen molar-refractivity contribution in [3.8, 4) is 0 Å². The highest BCUT2D eigenvalue weighted by atomic mass is 32.1. The first-order valence-electron chi connectivity index (χ1n) is 7.45. The summed E-state index contributed by atoms with van der Waals surface area (Å²) >= 11 is 1.44. The van der Waals surface area contributed by atoms with Gasteiger partial charge in [0.05, 0.1) is 0 Å². The zero-order valence-corrected chi connectivity index (χ0v) is 13.7. The molecule has 1 aliphatic rings. The number of pyridine rings is 1. The molecule has 1 N–H and O–H groups in total. The van der Waals surface area contributed by atoms with Gasteiger partial charge in [-0.25, -0.2) is 4.98 Å². The molecule has 1 amide bonds. The molecule has 2 aromatic rings. The monoisotopic (exact) mass is 317 g/mol. The van der Waals surface area contributed by atoms with Crippen LogP contribution in [0.2, 0.25) is 0 Å². The number of rotatable bonds is 4. The fourth-order valence-corrected chi connectivity index (χ4v) is 3.15. The molecular formula is C16H19N3O2S. The Morgan fingerprint density at radius 3 is 2.77 bits per heavy atom. The van der Waals surface area contributed by atoms with Gasteiger partial charge in [-0.15, -0.1) is 11.3 Å². The third kappa shape index (κ3) is 2.97. The highest BCUT2D eigenvalue weighted by molar-refractivity contribution is 7.15. The Kier molecular flexibility index (Phi) is 3.87. The van der Waals surface area contributed by atoms with E-state index < -0.39 is 0 Å².